The first kappa shape index (κ1) is 12.0. The minimum atomic E-state index is -0.144. The molecule has 0 saturated carbocycles. The Kier molecular flexibility index (Phi) is 3.70. The van der Waals surface area contributed by atoms with Gasteiger partial charge in [-0.15, -0.1) is 16.4 Å². The smallest absolute Gasteiger partial charge is 0.242 e. The van der Waals surface area contributed by atoms with E-state index in [1.165, 1.54) is 22.3 Å². The molecule has 0 saturated heterocycles. The van der Waals surface area contributed by atoms with Gasteiger partial charge in [0.1, 0.15) is 12.9 Å². The zero-order chi connectivity index (χ0) is 12.3. The molecule has 0 unspecified atom stereocenters. The monoisotopic (exact) mass is 271 g/mol. The maximum absolute atomic E-state index is 11.6. The van der Waals surface area contributed by atoms with Crippen LogP contribution in [-0.2, 0) is 11.3 Å². The van der Waals surface area contributed by atoms with Gasteiger partial charge in [0.2, 0.25) is 5.91 Å². The van der Waals surface area contributed by atoms with Crippen molar-refractivity contribution in [2.75, 3.05) is 0 Å². The average molecular weight is 272 g/mol. The van der Waals surface area contributed by atoms with E-state index in [4.69, 9.17) is 11.6 Å². The molecule has 1 atom stereocenters. The fraction of sp³-hybridized carbons (Fsp3) is 0.333. The van der Waals surface area contributed by atoms with Gasteiger partial charge < -0.3 is 5.32 Å². The van der Waals surface area contributed by atoms with Gasteiger partial charge in [-0.3, -0.25) is 4.79 Å². The van der Waals surface area contributed by atoms with Crippen LogP contribution < -0.4 is 5.32 Å². The molecule has 0 aliphatic rings. The van der Waals surface area contributed by atoms with E-state index in [0.717, 1.165) is 4.88 Å². The second kappa shape index (κ2) is 5.24. The van der Waals surface area contributed by atoms with E-state index >= 15 is 0 Å². The summed E-state index contributed by atoms with van der Waals surface area (Å²) in [5.74, 6) is -0.144. The van der Waals surface area contributed by atoms with Gasteiger partial charge in [-0.2, -0.15) is 0 Å². The number of halogens is 1. The molecule has 17 heavy (non-hydrogen) atoms. The zero-order valence-corrected chi connectivity index (χ0v) is 10.6. The molecular formula is C9H10ClN5OS. The summed E-state index contributed by atoms with van der Waals surface area (Å²) in [5, 5.41) is 13.4. The van der Waals surface area contributed by atoms with Crippen LogP contribution in [0.5, 0.6) is 0 Å². The molecule has 0 radical (unpaired) electrons. The number of nitrogens with one attached hydrogen (secondary N) is 1. The number of carbonyl (C=O) groups is 1. The summed E-state index contributed by atoms with van der Waals surface area (Å²) in [4.78, 5) is 12.7. The SMILES string of the molecule is C[C@@H](NC(=O)Cn1cnnn1)c1ccc(Cl)s1. The van der Waals surface area contributed by atoms with Crippen molar-refractivity contribution in [1.29, 1.82) is 0 Å². The molecule has 2 aromatic rings. The number of rotatable bonds is 4. The summed E-state index contributed by atoms with van der Waals surface area (Å²) in [5.41, 5.74) is 0. The van der Waals surface area contributed by atoms with Gasteiger partial charge >= 0.3 is 0 Å². The highest BCUT2D eigenvalue weighted by molar-refractivity contribution is 7.16. The van der Waals surface area contributed by atoms with Crippen molar-refractivity contribution < 1.29 is 4.79 Å². The largest absolute Gasteiger partial charge is 0.347 e. The minimum Gasteiger partial charge on any atom is -0.347 e. The number of amides is 1. The number of nitrogens with zero attached hydrogens (tertiary/aromatic N) is 4. The molecule has 1 N–H and O–H groups in total. The maximum atomic E-state index is 11.6. The molecule has 8 heteroatoms. The molecule has 0 fully saturated rings. The lowest BCUT2D eigenvalue weighted by atomic mass is 10.3. The van der Waals surface area contributed by atoms with Crippen LogP contribution in [0, 0.1) is 0 Å². The molecule has 0 spiro atoms. The van der Waals surface area contributed by atoms with Gasteiger partial charge in [0.15, 0.2) is 0 Å². The van der Waals surface area contributed by atoms with Crippen LogP contribution in [0.2, 0.25) is 4.34 Å². The predicted octanol–water partition coefficient (Wildman–Crippen LogP) is 1.27. The minimum absolute atomic E-state index is 0.0727. The Balaban J connectivity index is 1.90. The third-order valence-electron chi connectivity index (χ3n) is 2.10. The fourth-order valence-corrected chi connectivity index (χ4v) is 2.38. The van der Waals surface area contributed by atoms with E-state index in [0.29, 0.717) is 4.34 Å². The molecule has 2 heterocycles. The van der Waals surface area contributed by atoms with E-state index in [-0.39, 0.29) is 18.5 Å². The average Bonchev–Trinajstić information content (AvgIpc) is 2.89. The molecular weight excluding hydrogens is 262 g/mol. The number of hydrogen-bond donors (Lipinski definition) is 1. The molecule has 0 bridgehead atoms. The highest BCUT2D eigenvalue weighted by Gasteiger charge is 2.12. The van der Waals surface area contributed by atoms with Crippen LogP contribution in [0.25, 0.3) is 0 Å². The van der Waals surface area contributed by atoms with Gasteiger partial charge in [-0.05, 0) is 29.5 Å². The Morgan fingerprint density at radius 1 is 1.65 bits per heavy atom. The highest BCUT2D eigenvalue weighted by Crippen LogP contribution is 2.26. The number of thiophene rings is 1. The van der Waals surface area contributed by atoms with Crippen molar-refractivity contribution in [3.8, 4) is 0 Å². The van der Waals surface area contributed by atoms with Crippen molar-refractivity contribution in [2.45, 2.75) is 19.5 Å². The Bertz CT molecular complexity index is 497. The molecule has 1 amide bonds. The second-order valence-electron chi connectivity index (χ2n) is 3.44. The van der Waals surface area contributed by atoms with E-state index < -0.39 is 0 Å². The highest BCUT2D eigenvalue weighted by atomic mass is 35.5. The second-order valence-corrected chi connectivity index (χ2v) is 5.19. The Hall–Kier alpha value is -1.47. The standard InChI is InChI=1S/C9H10ClN5OS/c1-6(7-2-3-8(10)17-7)12-9(16)4-15-5-11-13-14-15/h2-3,5-6H,4H2,1H3,(H,12,16)/t6-/m1/s1. The van der Waals surface area contributed by atoms with Crippen LogP contribution in [0.4, 0.5) is 0 Å². The molecule has 2 aromatic heterocycles. The lowest BCUT2D eigenvalue weighted by molar-refractivity contribution is -0.122. The number of carbonyl (C=O) groups excluding carboxylic acids is 1. The summed E-state index contributed by atoms with van der Waals surface area (Å²) in [6.45, 7) is 2.01. The Morgan fingerprint density at radius 2 is 2.47 bits per heavy atom. The van der Waals surface area contributed by atoms with E-state index in [1.807, 2.05) is 19.1 Å². The summed E-state index contributed by atoms with van der Waals surface area (Å²) in [7, 11) is 0. The quantitative estimate of drug-likeness (QED) is 0.909. The zero-order valence-electron chi connectivity index (χ0n) is 9.00. The van der Waals surface area contributed by atoms with E-state index in [2.05, 4.69) is 20.8 Å². The molecule has 0 aromatic carbocycles. The number of aromatic nitrogens is 4. The van der Waals surface area contributed by atoms with Crippen LogP contribution >= 0.6 is 22.9 Å². The van der Waals surface area contributed by atoms with Crippen molar-refractivity contribution in [3.05, 3.63) is 27.7 Å². The van der Waals surface area contributed by atoms with Gasteiger partial charge in [0.25, 0.3) is 0 Å². The number of tetrazole rings is 1. The third-order valence-corrected chi connectivity index (χ3v) is 3.51. The van der Waals surface area contributed by atoms with E-state index in [1.54, 1.807) is 0 Å². The lowest BCUT2D eigenvalue weighted by Crippen LogP contribution is -2.29. The molecule has 2 rings (SSSR count). The van der Waals surface area contributed by atoms with Crippen molar-refractivity contribution in [2.24, 2.45) is 0 Å². The first-order valence-electron chi connectivity index (χ1n) is 4.90. The Labute approximate surface area is 107 Å². The first-order chi connectivity index (χ1) is 8.15. The maximum Gasteiger partial charge on any atom is 0.242 e. The third kappa shape index (κ3) is 3.24. The van der Waals surface area contributed by atoms with Gasteiger partial charge in [0, 0.05) is 4.88 Å². The van der Waals surface area contributed by atoms with Crippen LogP contribution in [0.1, 0.15) is 17.8 Å². The van der Waals surface area contributed by atoms with Gasteiger partial charge in [-0.1, -0.05) is 11.6 Å². The van der Waals surface area contributed by atoms with Crippen LogP contribution in [0.3, 0.4) is 0 Å². The summed E-state index contributed by atoms with van der Waals surface area (Å²) in [6, 6.07) is 3.64. The lowest BCUT2D eigenvalue weighted by Gasteiger charge is -2.11. The van der Waals surface area contributed by atoms with Crippen LogP contribution in [-0.4, -0.2) is 26.1 Å². The van der Waals surface area contributed by atoms with Crippen LogP contribution in [0.15, 0.2) is 18.5 Å². The van der Waals surface area contributed by atoms with Gasteiger partial charge in [0.05, 0.1) is 10.4 Å². The van der Waals surface area contributed by atoms with Crippen molar-refractivity contribution in [3.63, 3.8) is 0 Å². The summed E-state index contributed by atoms with van der Waals surface area (Å²) >= 11 is 7.28. The first-order valence-corrected chi connectivity index (χ1v) is 6.10. The molecule has 6 nitrogen and oxygen atoms in total. The topological polar surface area (TPSA) is 72.7 Å². The Morgan fingerprint density at radius 3 is 3.06 bits per heavy atom. The predicted molar refractivity (Wildman–Crippen MR) is 63.7 cm³/mol. The summed E-state index contributed by atoms with van der Waals surface area (Å²) < 4.78 is 2.07. The van der Waals surface area contributed by atoms with Crippen molar-refractivity contribution >= 4 is 28.8 Å². The fourth-order valence-electron chi connectivity index (χ4n) is 1.32. The van der Waals surface area contributed by atoms with E-state index in [9.17, 15) is 4.79 Å². The summed E-state index contributed by atoms with van der Waals surface area (Å²) in [6.07, 6.45) is 1.40. The molecule has 90 valence electrons. The van der Waals surface area contributed by atoms with Crippen molar-refractivity contribution in [1.82, 2.24) is 25.5 Å². The molecule has 0 aliphatic heterocycles. The molecule has 0 aliphatic carbocycles. The van der Waals surface area contributed by atoms with Gasteiger partial charge in [-0.25, -0.2) is 4.68 Å². The number of hydrogen-bond acceptors (Lipinski definition) is 5. The normalized spacial score (nSPS) is 12.4.